The second kappa shape index (κ2) is 5.97. The molecule has 0 radical (unpaired) electrons. The van der Waals surface area contributed by atoms with Crippen LogP contribution >= 0.6 is 0 Å². The average Bonchev–Trinajstić information content (AvgIpc) is 3.01. The smallest absolute Gasteiger partial charge is 0.268 e. The maximum atomic E-state index is 13.8. The number of rotatable bonds is 1. The fourth-order valence-corrected chi connectivity index (χ4v) is 4.88. The Labute approximate surface area is 174 Å². The van der Waals surface area contributed by atoms with Gasteiger partial charge < -0.3 is 19.3 Å². The van der Waals surface area contributed by atoms with Crippen LogP contribution in [-0.4, -0.2) is 20.1 Å². The number of methoxy groups -OCH3 is 1. The van der Waals surface area contributed by atoms with Gasteiger partial charge in [0.1, 0.15) is 5.75 Å². The molecule has 0 fully saturated rings. The van der Waals surface area contributed by atoms with Gasteiger partial charge in [0.2, 0.25) is 5.60 Å². The molecule has 148 valence electrons. The molecule has 0 bridgehead atoms. The van der Waals surface area contributed by atoms with Crippen molar-refractivity contribution in [3.63, 3.8) is 0 Å². The number of nitrogens with zero attached hydrogens (tertiary/aromatic N) is 2. The highest BCUT2D eigenvalue weighted by Crippen LogP contribution is 2.56. The summed E-state index contributed by atoms with van der Waals surface area (Å²) < 4.78 is 12.3. The number of anilines is 2. The zero-order valence-corrected chi connectivity index (χ0v) is 16.7. The average molecular weight is 396 g/mol. The maximum Gasteiger partial charge on any atom is 0.268 e. The summed E-state index contributed by atoms with van der Waals surface area (Å²) in [5.41, 5.74) is 4.37. The van der Waals surface area contributed by atoms with E-state index in [0.29, 0.717) is 5.75 Å². The van der Waals surface area contributed by atoms with Crippen molar-refractivity contribution in [1.82, 2.24) is 0 Å². The zero-order valence-electron chi connectivity index (χ0n) is 16.7. The summed E-state index contributed by atoms with van der Waals surface area (Å²) in [7, 11) is 3.43. The molecule has 6 rings (SSSR count). The molecule has 3 aromatic rings. The van der Waals surface area contributed by atoms with E-state index < -0.39 is 11.8 Å². The SMILES string of the molecule is COc1ccc2c(c1)C1(OC3c4ccccc4C=CN3c3ccccc31)C(=O)N2C. The van der Waals surface area contributed by atoms with Gasteiger partial charge in [-0.15, -0.1) is 0 Å². The van der Waals surface area contributed by atoms with Gasteiger partial charge in [0.25, 0.3) is 5.91 Å². The second-order valence-corrected chi connectivity index (χ2v) is 7.77. The molecule has 1 amide bonds. The molecule has 0 aliphatic carbocycles. The summed E-state index contributed by atoms with van der Waals surface area (Å²) in [5.74, 6) is 0.605. The molecular formula is C25H20N2O3. The van der Waals surface area contributed by atoms with E-state index >= 15 is 0 Å². The molecule has 0 saturated heterocycles. The quantitative estimate of drug-likeness (QED) is 0.610. The lowest BCUT2D eigenvalue weighted by Gasteiger charge is -2.46. The first-order valence-electron chi connectivity index (χ1n) is 9.94. The summed E-state index contributed by atoms with van der Waals surface area (Å²) in [6, 6.07) is 21.9. The number of ether oxygens (including phenoxy) is 2. The largest absolute Gasteiger partial charge is 0.497 e. The third kappa shape index (κ3) is 2.02. The number of benzene rings is 3. The number of para-hydroxylation sites is 1. The highest BCUT2D eigenvalue weighted by atomic mass is 16.5. The Morgan fingerprint density at radius 1 is 0.967 bits per heavy atom. The number of hydrogen-bond acceptors (Lipinski definition) is 4. The van der Waals surface area contributed by atoms with Gasteiger partial charge in [-0.1, -0.05) is 42.5 Å². The first-order valence-corrected chi connectivity index (χ1v) is 9.94. The summed E-state index contributed by atoms with van der Waals surface area (Å²) in [5, 5.41) is 0. The molecule has 3 aliphatic rings. The Morgan fingerprint density at radius 2 is 1.77 bits per heavy atom. The maximum absolute atomic E-state index is 13.8. The number of likely N-dealkylation sites (N-methyl/N-ethyl adjacent to an activating group) is 1. The minimum atomic E-state index is -1.23. The molecule has 3 aromatic carbocycles. The van der Waals surface area contributed by atoms with E-state index in [2.05, 4.69) is 29.2 Å². The van der Waals surface area contributed by atoms with E-state index in [4.69, 9.17) is 9.47 Å². The number of fused-ring (bicyclic) bond motifs is 8. The van der Waals surface area contributed by atoms with Crippen LogP contribution in [0.25, 0.3) is 6.08 Å². The van der Waals surface area contributed by atoms with Crippen LogP contribution in [0.3, 0.4) is 0 Å². The van der Waals surface area contributed by atoms with Crippen LogP contribution in [0.4, 0.5) is 11.4 Å². The molecule has 3 heterocycles. The van der Waals surface area contributed by atoms with Crippen molar-refractivity contribution in [2.24, 2.45) is 0 Å². The lowest BCUT2D eigenvalue weighted by Crippen LogP contribution is -2.49. The van der Waals surface area contributed by atoms with Gasteiger partial charge in [-0.25, -0.2) is 0 Å². The van der Waals surface area contributed by atoms with Gasteiger partial charge in [0.05, 0.1) is 18.5 Å². The summed E-state index contributed by atoms with van der Waals surface area (Å²) in [6.45, 7) is 0. The molecule has 0 saturated carbocycles. The van der Waals surface area contributed by atoms with Gasteiger partial charge in [-0.3, -0.25) is 4.79 Å². The van der Waals surface area contributed by atoms with Gasteiger partial charge in [-0.2, -0.15) is 0 Å². The summed E-state index contributed by atoms with van der Waals surface area (Å²) >= 11 is 0. The third-order valence-corrected chi connectivity index (χ3v) is 6.33. The molecule has 3 aliphatic heterocycles. The van der Waals surface area contributed by atoms with E-state index in [1.165, 1.54) is 0 Å². The van der Waals surface area contributed by atoms with E-state index in [1.807, 2.05) is 54.7 Å². The molecule has 1 spiro atoms. The molecule has 5 nitrogen and oxygen atoms in total. The van der Waals surface area contributed by atoms with Crippen LogP contribution in [0.2, 0.25) is 0 Å². The molecule has 2 unspecified atom stereocenters. The fraction of sp³-hybridized carbons (Fsp3) is 0.160. The number of amides is 1. The van der Waals surface area contributed by atoms with Crippen LogP contribution in [0, 0.1) is 0 Å². The van der Waals surface area contributed by atoms with Crippen molar-refractivity contribution in [1.29, 1.82) is 0 Å². The molecule has 0 aromatic heterocycles. The predicted octanol–water partition coefficient (Wildman–Crippen LogP) is 4.43. The first kappa shape index (κ1) is 17.3. The van der Waals surface area contributed by atoms with Crippen LogP contribution < -0.4 is 14.5 Å². The van der Waals surface area contributed by atoms with Crippen molar-refractivity contribution in [3.05, 3.63) is 95.2 Å². The number of hydrogen-bond donors (Lipinski definition) is 0. The van der Waals surface area contributed by atoms with Crippen molar-refractivity contribution in [3.8, 4) is 5.75 Å². The first-order chi connectivity index (χ1) is 14.6. The molecule has 2 atom stereocenters. The molecule has 30 heavy (non-hydrogen) atoms. The van der Waals surface area contributed by atoms with Crippen LogP contribution in [-0.2, 0) is 15.1 Å². The topological polar surface area (TPSA) is 42.0 Å². The highest BCUT2D eigenvalue weighted by Gasteiger charge is 2.58. The third-order valence-electron chi connectivity index (χ3n) is 6.33. The standard InChI is InChI=1S/C25H20N2O3/c1-26-21-12-11-17(29-2)15-20(21)25(24(26)28)19-9-5-6-10-22(19)27-14-13-16-7-3-4-8-18(16)23(27)30-25/h3-15,23H,1-2H3. The molecule has 5 heteroatoms. The lowest BCUT2D eigenvalue weighted by molar-refractivity contribution is -0.147. The number of carbonyl (C=O) groups is 1. The van der Waals surface area contributed by atoms with Crippen molar-refractivity contribution in [2.75, 3.05) is 24.0 Å². The number of carbonyl (C=O) groups excluding carboxylic acids is 1. The Kier molecular flexibility index (Phi) is 3.44. The van der Waals surface area contributed by atoms with Crippen molar-refractivity contribution >= 4 is 23.4 Å². The van der Waals surface area contributed by atoms with Gasteiger partial charge in [0, 0.05) is 29.9 Å². The van der Waals surface area contributed by atoms with E-state index in [9.17, 15) is 4.79 Å². The fourth-order valence-electron chi connectivity index (χ4n) is 4.88. The Hall–Kier alpha value is -3.57. The van der Waals surface area contributed by atoms with Crippen LogP contribution in [0.5, 0.6) is 5.75 Å². The summed E-state index contributed by atoms with van der Waals surface area (Å²) in [6.07, 6.45) is 3.72. The minimum absolute atomic E-state index is 0.0927. The van der Waals surface area contributed by atoms with Crippen LogP contribution in [0.1, 0.15) is 28.5 Å². The second-order valence-electron chi connectivity index (χ2n) is 7.77. The van der Waals surface area contributed by atoms with Gasteiger partial charge in [-0.05, 0) is 35.9 Å². The Balaban J connectivity index is 1.66. The van der Waals surface area contributed by atoms with E-state index in [-0.39, 0.29) is 5.91 Å². The minimum Gasteiger partial charge on any atom is -0.497 e. The molecule has 0 N–H and O–H groups in total. The van der Waals surface area contributed by atoms with E-state index in [0.717, 1.165) is 33.6 Å². The van der Waals surface area contributed by atoms with Gasteiger partial charge >= 0.3 is 0 Å². The van der Waals surface area contributed by atoms with Gasteiger partial charge in [0.15, 0.2) is 6.23 Å². The normalized spacial score (nSPS) is 23.1. The Morgan fingerprint density at radius 3 is 2.63 bits per heavy atom. The monoisotopic (exact) mass is 396 g/mol. The lowest BCUT2D eigenvalue weighted by atomic mass is 9.83. The zero-order chi connectivity index (χ0) is 20.5. The molecular weight excluding hydrogens is 376 g/mol. The Bertz CT molecular complexity index is 1230. The van der Waals surface area contributed by atoms with E-state index in [1.54, 1.807) is 19.1 Å². The van der Waals surface area contributed by atoms with Crippen molar-refractivity contribution < 1.29 is 14.3 Å². The van der Waals surface area contributed by atoms with Crippen molar-refractivity contribution in [2.45, 2.75) is 11.8 Å². The van der Waals surface area contributed by atoms with Crippen LogP contribution in [0.15, 0.2) is 72.9 Å². The highest BCUT2D eigenvalue weighted by molar-refractivity contribution is 6.10. The summed E-state index contributed by atoms with van der Waals surface area (Å²) in [4.78, 5) is 17.6. The predicted molar refractivity (Wildman–Crippen MR) is 115 cm³/mol.